The summed E-state index contributed by atoms with van der Waals surface area (Å²) in [6.45, 7) is 0. The standard InChI is InChI=1S/C17H9ClN4O/c18-13-4-5-15-16(7-13)23-17(22-15)12-2-1-3-14(6-12)21-10-11(8-19)9-20/h1-7,10,21H. The number of rotatable bonds is 3. The second-order valence-electron chi connectivity index (χ2n) is 4.64. The minimum Gasteiger partial charge on any atom is -0.436 e. The number of oxazole rings is 1. The molecule has 1 aromatic heterocycles. The highest BCUT2D eigenvalue weighted by Crippen LogP contribution is 2.27. The summed E-state index contributed by atoms with van der Waals surface area (Å²) in [6, 6.07) is 16.1. The molecule has 0 aliphatic rings. The summed E-state index contributed by atoms with van der Waals surface area (Å²) in [5.74, 6) is 0.468. The predicted octanol–water partition coefficient (Wildman–Crippen LogP) is 4.49. The molecular weight excluding hydrogens is 312 g/mol. The van der Waals surface area contributed by atoms with Crippen LogP contribution in [0, 0.1) is 22.7 Å². The van der Waals surface area contributed by atoms with Crippen LogP contribution in [-0.4, -0.2) is 4.98 Å². The summed E-state index contributed by atoms with van der Waals surface area (Å²) in [5, 5.41) is 20.9. The van der Waals surface area contributed by atoms with Gasteiger partial charge in [-0.3, -0.25) is 0 Å². The van der Waals surface area contributed by atoms with Crippen LogP contribution in [0.15, 0.2) is 58.7 Å². The van der Waals surface area contributed by atoms with E-state index in [0.29, 0.717) is 22.2 Å². The third kappa shape index (κ3) is 3.16. The Morgan fingerprint density at radius 3 is 2.78 bits per heavy atom. The molecule has 0 unspecified atom stereocenters. The smallest absolute Gasteiger partial charge is 0.227 e. The largest absolute Gasteiger partial charge is 0.436 e. The summed E-state index contributed by atoms with van der Waals surface area (Å²) in [4.78, 5) is 4.42. The van der Waals surface area contributed by atoms with Crippen molar-refractivity contribution in [3.63, 3.8) is 0 Å². The van der Waals surface area contributed by atoms with Gasteiger partial charge in [0.25, 0.3) is 0 Å². The molecule has 0 saturated heterocycles. The van der Waals surface area contributed by atoms with E-state index in [4.69, 9.17) is 26.5 Å². The lowest BCUT2D eigenvalue weighted by Crippen LogP contribution is -1.90. The van der Waals surface area contributed by atoms with E-state index in [2.05, 4.69) is 10.3 Å². The van der Waals surface area contributed by atoms with E-state index in [9.17, 15) is 0 Å². The zero-order valence-corrected chi connectivity index (χ0v) is 12.5. The predicted molar refractivity (Wildman–Crippen MR) is 87.4 cm³/mol. The SMILES string of the molecule is N#CC(C#N)=CNc1cccc(-c2nc3ccc(Cl)cc3o2)c1. The molecule has 0 aliphatic heterocycles. The Hall–Kier alpha value is -3.28. The molecule has 2 aromatic carbocycles. The Morgan fingerprint density at radius 1 is 1.17 bits per heavy atom. The highest BCUT2D eigenvalue weighted by molar-refractivity contribution is 6.31. The van der Waals surface area contributed by atoms with Gasteiger partial charge in [0.2, 0.25) is 5.89 Å². The Kier molecular flexibility index (Phi) is 3.97. The fourth-order valence-electron chi connectivity index (χ4n) is 2.01. The number of nitrogens with zero attached hydrogens (tertiary/aromatic N) is 3. The average molecular weight is 321 g/mol. The van der Waals surface area contributed by atoms with Gasteiger partial charge >= 0.3 is 0 Å². The first kappa shape index (κ1) is 14.6. The molecule has 6 heteroatoms. The minimum atomic E-state index is -0.00749. The van der Waals surface area contributed by atoms with Crippen LogP contribution >= 0.6 is 11.6 Å². The molecule has 0 fully saturated rings. The molecule has 1 N–H and O–H groups in total. The fraction of sp³-hybridized carbons (Fsp3) is 0. The van der Waals surface area contributed by atoms with Crippen molar-refractivity contribution in [2.24, 2.45) is 0 Å². The topological polar surface area (TPSA) is 85.6 Å². The number of aromatic nitrogens is 1. The Bertz CT molecular complexity index is 976. The zero-order chi connectivity index (χ0) is 16.2. The summed E-state index contributed by atoms with van der Waals surface area (Å²) in [5.41, 5.74) is 2.81. The van der Waals surface area contributed by atoms with Crippen LogP contribution in [0.4, 0.5) is 5.69 Å². The maximum atomic E-state index is 8.72. The van der Waals surface area contributed by atoms with Gasteiger partial charge in [-0.2, -0.15) is 10.5 Å². The molecule has 1 heterocycles. The van der Waals surface area contributed by atoms with Crippen LogP contribution in [0.25, 0.3) is 22.6 Å². The Balaban J connectivity index is 1.94. The van der Waals surface area contributed by atoms with Crippen LogP contribution in [-0.2, 0) is 0 Å². The van der Waals surface area contributed by atoms with E-state index in [-0.39, 0.29) is 5.57 Å². The van der Waals surface area contributed by atoms with Crippen LogP contribution in [0.2, 0.25) is 5.02 Å². The molecule has 23 heavy (non-hydrogen) atoms. The van der Waals surface area contributed by atoms with E-state index in [1.54, 1.807) is 30.3 Å². The highest BCUT2D eigenvalue weighted by Gasteiger charge is 2.09. The number of benzene rings is 2. The average Bonchev–Trinajstić information content (AvgIpc) is 2.99. The Morgan fingerprint density at radius 2 is 2.00 bits per heavy atom. The van der Waals surface area contributed by atoms with Gasteiger partial charge in [-0.25, -0.2) is 4.98 Å². The first-order valence-corrected chi connectivity index (χ1v) is 7.01. The second-order valence-corrected chi connectivity index (χ2v) is 5.07. The molecule has 5 nitrogen and oxygen atoms in total. The lowest BCUT2D eigenvalue weighted by atomic mass is 10.2. The maximum Gasteiger partial charge on any atom is 0.227 e. The fourth-order valence-corrected chi connectivity index (χ4v) is 2.17. The molecule has 0 saturated carbocycles. The summed E-state index contributed by atoms with van der Waals surface area (Å²) in [7, 11) is 0. The van der Waals surface area contributed by atoms with Gasteiger partial charge in [0, 0.05) is 28.5 Å². The Labute approximate surface area is 137 Å². The number of fused-ring (bicyclic) bond motifs is 1. The monoisotopic (exact) mass is 320 g/mol. The highest BCUT2D eigenvalue weighted by atomic mass is 35.5. The molecule has 0 amide bonds. The first-order valence-electron chi connectivity index (χ1n) is 6.63. The second kappa shape index (κ2) is 6.23. The lowest BCUT2D eigenvalue weighted by molar-refractivity contribution is 0.620. The minimum absolute atomic E-state index is 0.00749. The molecule has 3 rings (SSSR count). The van der Waals surface area contributed by atoms with Crippen molar-refractivity contribution >= 4 is 28.4 Å². The number of allylic oxidation sites excluding steroid dienone is 1. The number of hydrogen-bond donors (Lipinski definition) is 1. The molecule has 110 valence electrons. The van der Waals surface area contributed by atoms with E-state index in [1.165, 1.54) is 6.20 Å². The van der Waals surface area contributed by atoms with Gasteiger partial charge < -0.3 is 9.73 Å². The number of hydrogen-bond acceptors (Lipinski definition) is 5. The molecule has 0 spiro atoms. The first-order chi connectivity index (χ1) is 11.2. The van der Waals surface area contributed by atoms with E-state index >= 15 is 0 Å². The van der Waals surface area contributed by atoms with Crippen LogP contribution in [0.3, 0.4) is 0 Å². The number of halogens is 1. The van der Waals surface area contributed by atoms with Gasteiger partial charge in [-0.15, -0.1) is 0 Å². The molecule has 0 aliphatic carbocycles. The van der Waals surface area contributed by atoms with Crippen LogP contribution in [0.5, 0.6) is 0 Å². The van der Waals surface area contributed by atoms with E-state index in [0.717, 1.165) is 11.1 Å². The molecule has 0 radical (unpaired) electrons. The van der Waals surface area contributed by atoms with Gasteiger partial charge in [0.05, 0.1) is 0 Å². The third-order valence-electron chi connectivity index (χ3n) is 3.08. The normalized spacial score (nSPS) is 9.87. The van der Waals surface area contributed by atoms with Crippen molar-refractivity contribution in [2.75, 3.05) is 5.32 Å². The van der Waals surface area contributed by atoms with Crippen molar-refractivity contribution in [2.45, 2.75) is 0 Å². The van der Waals surface area contributed by atoms with Gasteiger partial charge in [-0.05, 0) is 30.3 Å². The maximum absolute atomic E-state index is 8.72. The molecule has 0 atom stereocenters. The van der Waals surface area contributed by atoms with E-state index in [1.807, 2.05) is 24.3 Å². The molecular formula is C17H9ClN4O. The van der Waals surface area contributed by atoms with E-state index < -0.39 is 0 Å². The van der Waals surface area contributed by atoms with Crippen LogP contribution < -0.4 is 5.32 Å². The number of nitriles is 2. The van der Waals surface area contributed by atoms with Gasteiger partial charge in [0.15, 0.2) is 5.58 Å². The summed E-state index contributed by atoms with van der Waals surface area (Å²) < 4.78 is 5.71. The van der Waals surface area contributed by atoms with Crippen molar-refractivity contribution in [1.82, 2.24) is 4.98 Å². The quantitative estimate of drug-likeness (QED) is 0.718. The van der Waals surface area contributed by atoms with Crippen LogP contribution in [0.1, 0.15) is 0 Å². The molecule has 0 bridgehead atoms. The van der Waals surface area contributed by atoms with Gasteiger partial charge in [-0.1, -0.05) is 17.7 Å². The number of anilines is 1. The zero-order valence-electron chi connectivity index (χ0n) is 11.7. The van der Waals surface area contributed by atoms with Gasteiger partial charge in [0.1, 0.15) is 23.2 Å². The third-order valence-corrected chi connectivity index (χ3v) is 3.32. The van der Waals surface area contributed by atoms with Crippen molar-refractivity contribution in [1.29, 1.82) is 10.5 Å². The summed E-state index contributed by atoms with van der Waals surface area (Å²) >= 11 is 5.94. The number of nitrogens with one attached hydrogen (secondary N) is 1. The van der Waals surface area contributed by atoms with Crippen molar-refractivity contribution in [3.05, 3.63) is 59.3 Å². The molecule has 3 aromatic rings. The lowest BCUT2D eigenvalue weighted by Gasteiger charge is -2.02. The van der Waals surface area contributed by atoms with Crippen molar-refractivity contribution < 1.29 is 4.42 Å². The van der Waals surface area contributed by atoms with Crippen molar-refractivity contribution in [3.8, 4) is 23.6 Å². The summed E-state index contributed by atoms with van der Waals surface area (Å²) in [6.07, 6.45) is 1.35.